The summed E-state index contributed by atoms with van der Waals surface area (Å²) in [6.07, 6.45) is 0. The van der Waals surface area contributed by atoms with Gasteiger partial charge in [0.25, 0.3) is 0 Å². The lowest BCUT2D eigenvalue weighted by Gasteiger charge is -1.88. The summed E-state index contributed by atoms with van der Waals surface area (Å²) in [5.74, 6) is -0.0753. The maximum absolute atomic E-state index is 10.6. The molecule has 0 atom stereocenters. The highest BCUT2D eigenvalue weighted by molar-refractivity contribution is 14.1. The van der Waals surface area contributed by atoms with Crippen molar-refractivity contribution in [2.75, 3.05) is 0 Å². The Morgan fingerprint density at radius 2 is 2.27 bits per heavy atom. The molecule has 0 saturated carbocycles. The average molecular weight is 323 g/mol. The van der Waals surface area contributed by atoms with Crippen molar-refractivity contribution in [1.82, 2.24) is 0 Å². The van der Waals surface area contributed by atoms with E-state index in [9.17, 15) is 8.42 Å². The van der Waals surface area contributed by atoms with Crippen LogP contribution in [0.2, 0.25) is 0 Å². The van der Waals surface area contributed by atoms with Crippen molar-refractivity contribution < 1.29 is 8.42 Å². The number of hydrogen-bond donors (Lipinski definition) is 0. The molecule has 0 amide bonds. The molecule has 6 heteroatoms. The van der Waals surface area contributed by atoms with Crippen LogP contribution in [0.15, 0.2) is 11.4 Å². The van der Waals surface area contributed by atoms with Crippen molar-refractivity contribution in [2.24, 2.45) is 0 Å². The van der Waals surface area contributed by atoms with Crippen LogP contribution in [0.25, 0.3) is 0 Å². The molecule has 0 bridgehead atoms. The number of hydrogen-bond acceptors (Lipinski definition) is 3. The van der Waals surface area contributed by atoms with Crippen LogP contribution in [0, 0.1) is 2.88 Å². The fraction of sp³-hybridized carbons (Fsp3) is 0.200. The summed E-state index contributed by atoms with van der Waals surface area (Å²) in [4.78, 5) is 0. The molecular weight excluding hydrogens is 319 g/mol. The van der Waals surface area contributed by atoms with Gasteiger partial charge in [-0.2, -0.15) is 0 Å². The summed E-state index contributed by atoms with van der Waals surface area (Å²) < 4.78 is 22.2. The van der Waals surface area contributed by atoms with Gasteiger partial charge in [-0.3, -0.25) is 0 Å². The Bertz CT molecular complexity index is 343. The SMILES string of the molecule is O=S(=O)(Cl)Cc1csc(I)c1. The molecule has 0 unspecified atom stereocenters. The lowest BCUT2D eigenvalue weighted by Crippen LogP contribution is -1.92. The Labute approximate surface area is 87.1 Å². The van der Waals surface area contributed by atoms with Crippen LogP contribution in [-0.4, -0.2) is 8.42 Å². The Morgan fingerprint density at radius 1 is 1.64 bits per heavy atom. The van der Waals surface area contributed by atoms with Gasteiger partial charge in [-0.05, 0) is 39.6 Å². The fourth-order valence-corrected chi connectivity index (χ4v) is 3.08. The predicted molar refractivity (Wildman–Crippen MR) is 55.5 cm³/mol. The highest BCUT2D eigenvalue weighted by Gasteiger charge is 2.07. The lowest BCUT2D eigenvalue weighted by atomic mass is 10.4. The first-order valence-electron chi connectivity index (χ1n) is 2.62. The quantitative estimate of drug-likeness (QED) is 0.619. The van der Waals surface area contributed by atoms with E-state index < -0.39 is 9.05 Å². The molecule has 0 radical (unpaired) electrons. The average Bonchev–Trinajstić information content (AvgIpc) is 2.10. The molecule has 62 valence electrons. The van der Waals surface area contributed by atoms with Gasteiger partial charge in [-0.25, -0.2) is 8.42 Å². The Balaban J connectivity index is 2.81. The van der Waals surface area contributed by atoms with Crippen LogP contribution >= 0.6 is 44.6 Å². The van der Waals surface area contributed by atoms with E-state index in [-0.39, 0.29) is 5.75 Å². The van der Waals surface area contributed by atoms with E-state index in [1.807, 2.05) is 6.07 Å². The van der Waals surface area contributed by atoms with Crippen LogP contribution in [0.3, 0.4) is 0 Å². The van der Waals surface area contributed by atoms with E-state index in [0.29, 0.717) is 0 Å². The molecule has 0 aliphatic heterocycles. The second kappa shape index (κ2) is 3.59. The maximum atomic E-state index is 10.6. The van der Waals surface area contributed by atoms with Crippen molar-refractivity contribution in [2.45, 2.75) is 5.75 Å². The lowest BCUT2D eigenvalue weighted by molar-refractivity contribution is 0.609. The van der Waals surface area contributed by atoms with Gasteiger partial charge in [0.15, 0.2) is 0 Å². The topological polar surface area (TPSA) is 34.1 Å². The third-order valence-corrected chi connectivity index (χ3v) is 3.80. The van der Waals surface area contributed by atoms with Gasteiger partial charge in [0.05, 0.1) is 8.64 Å². The molecule has 0 aliphatic carbocycles. The highest BCUT2D eigenvalue weighted by atomic mass is 127. The van der Waals surface area contributed by atoms with Crippen molar-refractivity contribution >= 4 is 53.7 Å². The monoisotopic (exact) mass is 322 g/mol. The standard InChI is InChI=1S/C5H4ClIO2S2/c6-11(8,9)3-4-1-5(7)10-2-4/h1-2H,3H2. The van der Waals surface area contributed by atoms with E-state index in [2.05, 4.69) is 22.6 Å². The van der Waals surface area contributed by atoms with E-state index in [1.165, 1.54) is 11.3 Å². The summed E-state index contributed by atoms with van der Waals surface area (Å²) >= 11 is 3.64. The number of halogens is 2. The number of rotatable bonds is 2. The van der Waals surface area contributed by atoms with Gasteiger partial charge in [0.2, 0.25) is 9.05 Å². The summed E-state index contributed by atoms with van der Waals surface area (Å²) in [5, 5.41) is 1.79. The van der Waals surface area contributed by atoms with Crippen LogP contribution in [0.1, 0.15) is 5.56 Å². The van der Waals surface area contributed by atoms with Crippen LogP contribution < -0.4 is 0 Å². The van der Waals surface area contributed by atoms with E-state index in [4.69, 9.17) is 10.7 Å². The molecule has 0 aromatic carbocycles. The minimum atomic E-state index is -3.39. The Hall–Kier alpha value is 0.670. The van der Waals surface area contributed by atoms with Crippen LogP contribution in [0.5, 0.6) is 0 Å². The van der Waals surface area contributed by atoms with Gasteiger partial charge in [0.1, 0.15) is 0 Å². The van der Waals surface area contributed by atoms with Gasteiger partial charge < -0.3 is 0 Å². The molecule has 0 aliphatic rings. The minimum Gasteiger partial charge on any atom is -0.212 e. The van der Waals surface area contributed by atoms with Gasteiger partial charge in [-0.15, -0.1) is 11.3 Å². The zero-order valence-electron chi connectivity index (χ0n) is 5.25. The predicted octanol–water partition coefficient (Wildman–Crippen LogP) is 2.42. The zero-order valence-corrected chi connectivity index (χ0v) is 9.80. The molecule has 0 spiro atoms. The van der Waals surface area contributed by atoms with Crippen LogP contribution in [-0.2, 0) is 14.8 Å². The van der Waals surface area contributed by atoms with Gasteiger partial charge in [-0.1, -0.05) is 0 Å². The second-order valence-corrected chi connectivity index (χ2v) is 7.52. The first kappa shape index (κ1) is 9.76. The molecule has 1 aromatic heterocycles. The Morgan fingerprint density at radius 3 is 2.64 bits per heavy atom. The van der Waals surface area contributed by atoms with Crippen LogP contribution in [0.4, 0.5) is 0 Å². The van der Waals surface area contributed by atoms with E-state index in [1.54, 1.807) is 5.38 Å². The maximum Gasteiger partial charge on any atom is 0.236 e. The number of thiophene rings is 1. The summed E-state index contributed by atoms with van der Waals surface area (Å²) in [5.41, 5.74) is 0.759. The van der Waals surface area contributed by atoms with Crippen molar-refractivity contribution in [3.63, 3.8) is 0 Å². The molecule has 0 fully saturated rings. The third kappa shape index (κ3) is 3.73. The van der Waals surface area contributed by atoms with Crippen molar-refractivity contribution in [1.29, 1.82) is 0 Å². The molecule has 1 heterocycles. The zero-order chi connectivity index (χ0) is 8.48. The largest absolute Gasteiger partial charge is 0.236 e. The second-order valence-electron chi connectivity index (χ2n) is 1.94. The molecule has 11 heavy (non-hydrogen) atoms. The summed E-state index contributed by atoms with van der Waals surface area (Å²) in [6, 6.07) is 1.81. The Kier molecular flexibility index (Phi) is 3.18. The van der Waals surface area contributed by atoms with E-state index in [0.717, 1.165) is 8.45 Å². The molecule has 0 N–H and O–H groups in total. The minimum absolute atomic E-state index is 0.0753. The molecule has 2 nitrogen and oxygen atoms in total. The summed E-state index contributed by atoms with van der Waals surface area (Å²) in [6.45, 7) is 0. The highest BCUT2D eigenvalue weighted by Crippen LogP contribution is 2.19. The van der Waals surface area contributed by atoms with Gasteiger partial charge in [0, 0.05) is 10.7 Å². The third-order valence-electron chi connectivity index (χ3n) is 0.961. The molecule has 1 aromatic rings. The first-order valence-corrected chi connectivity index (χ1v) is 7.06. The molecule has 1 rings (SSSR count). The fourth-order valence-electron chi connectivity index (χ4n) is 0.621. The van der Waals surface area contributed by atoms with Gasteiger partial charge >= 0.3 is 0 Å². The molecule has 0 saturated heterocycles. The smallest absolute Gasteiger partial charge is 0.212 e. The van der Waals surface area contributed by atoms with Crippen molar-refractivity contribution in [3.8, 4) is 0 Å². The summed E-state index contributed by atoms with van der Waals surface area (Å²) in [7, 11) is 1.66. The van der Waals surface area contributed by atoms with Crippen molar-refractivity contribution in [3.05, 3.63) is 19.9 Å². The van der Waals surface area contributed by atoms with E-state index >= 15 is 0 Å². The normalized spacial score (nSPS) is 11.8. The first-order chi connectivity index (χ1) is 4.97. The molecular formula is C5H4ClIO2S2.